The minimum atomic E-state index is -1.17. The van der Waals surface area contributed by atoms with E-state index in [2.05, 4.69) is 5.48 Å². The zero-order valence-corrected chi connectivity index (χ0v) is 19.3. The van der Waals surface area contributed by atoms with Gasteiger partial charge in [0.1, 0.15) is 24.4 Å². The van der Waals surface area contributed by atoms with Crippen LogP contribution in [0.25, 0.3) is 11.1 Å². The Balaban J connectivity index is 1.39. The minimum absolute atomic E-state index is 0.00925. The minimum Gasteiger partial charge on any atom is -0.480 e. The van der Waals surface area contributed by atoms with Crippen LogP contribution in [0.15, 0.2) is 48.5 Å². The Hall–Kier alpha value is -3.59. The van der Waals surface area contributed by atoms with Gasteiger partial charge in [0.15, 0.2) is 0 Å². The summed E-state index contributed by atoms with van der Waals surface area (Å²) in [6.07, 6.45) is -2.24. The summed E-state index contributed by atoms with van der Waals surface area (Å²) >= 11 is 0. The van der Waals surface area contributed by atoms with Crippen LogP contribution in [-0.2, 0) is 19.1 Å². The van der Waals surface area contributed by atoms with Crippen LogP contribution in [0.4, 0.5) is 9.59 Å². The van der Waals surface area contributed by atoms with Crippen LogP contribution in [0.2, 0.25) is 0 Å². The van der Waals surface area contributed by atoms with Gasteiger partial charge in [-0.1, -0.05) is 48.5 Å². The molecule has 2 N–H and O–H groups in total. The molecule has 2 aliphatic rings. The second kappa shape index (κ2) is 9.34. The number of fused-ring (bicyclic) bond motifs is 3. The fourth-order valence-corrected chi connectivity index (χ4v) is 4.43. The van der Waals surface area contributed by atoms with Crippen molar-refractivity contribution in [2.45, 2.75) is 50.9 Å². The van der Waals surface area contributed by atoms with E-state index in [1.165, 1.54) is 0 Å². The Labute approximate surface area is 197 Å². The number of carbonyl (C=O) groups excluding carboxylic acids is 2. The van der Waals surface area contributed by atoms with E-state index >= 15 is 0 Å². The number of nitrogens with zero attached hydrogens (tertiary/aromatic N) is 1. The summed E-state index contributed by atoms with van der Waals surface area (Å²) < 4.78 is 10.7. The first kappa shape index (κ1) is 23.6. The van der Waals surface area contributed by atoms with Crippen molar-refractivity contribution >= 4 is 18.2 Å². The Bertz CT molecular complexity index is 1050. The average molecular weight is 469 g/mol. The van der Waals surface area contributed by atoms with E-state index in [9.17, 15) is 19.5 Å². The van der Waals surface area contributed by atoms with Crippen LogP contribution in [0.3, 0.4) is 0 Å². The van der Waals surface area contributed by atoms with Gasteiger partial charge in [0.05, 0.1) is 6.54 Å². The first-order chi connectivity index (χ1) is 16.1. The number of amides is 2. The van der Waals surface area contributed by atoms with Crippen molar-refractivity contribution < 1.29 is 33.8 Å². The summed E-state index contributed by atoms with van der Waals surface area (Å²) in [5.41, 5.74) is 5.79. The molecule has 2 aromatic carbocycles. The number of nitrogens with one attached hydrogen (secondary N) is 1. The SMILES string of the molecule is CC(C)(C)OC(=O)NO[C@H]1C[C@@H](C(=O)O)N(C(=O)OCC2c3ccccc3-c3ccccc32)C1. The topological polar surface area (TPSA) is 114 Å². The summed E-state index contributed by atoms with van der Waals surface area (Å²) in [5, 5.41) is 9.60. The molecule has 180 valence electrons. The monoisotopic (exact) mass is 468 g/mol. The van der Waals surface area contributed by atoms with Crippen molar-refractivity contribution in [1.29, 1.82) is 0 Å². The normalized spacial score (nSPS) is 19.3. The smallest absolute Gasteiger partial charge is 0.431 e. The molecule has 0 radical (unpaired) electrons. The van der Waals surface area contributed by atoms with Crippen LogP contribution in [-0.4, -0.2) is 59.1 Å². The fraction of sp³-hybridized carbons (Fsp3) is 0.400. The van der Waals surface area contributed by atoms with E-state index < -0.39 is 35.9 Å². The second-order valence-electron chi connectivity index (χ2n) is 9.39. The molecule has 2 atom stereocenters. The second-order valence-corrected chi connectivity index (χ2v) is 9.39. The predicted molar refractivity (Wildman–Crippen MR) is 122 cm³/mol. The van der Waals surface area contributed by atoms with Crippen LogP contribution in [0, 0.1) is 0 Å². The maximum absolute atomic E-state index is 12.9. The number of carboxylic acid groups (broad SMARTS) is 1. The molecular weight excluding hydrogens is 440 g/mol. The first-order valence-electron chi connectivity index (χ1n) is 11.1. The summed E-state index contributed by atoms with van der Waals surface area (Å²) in [7, 11) is 0. The van der Waals surface area contributed by atoms with Gasteiger partial charge in [0.2, 0.25) is 0 Å². The Morgan fingerprint density at radius 3 is 2.18 bits per heavy atom. The molecule has 1 saturated heterocycles. The Morgan fingerprint density at radius 2 is 1.62 bits per heavy atom. The first-order valence-corrected chi connectivity index (χ1v) is 11.1. The van der Waals surface area contributed by atoms with E-state index in [1.807, 2.05) is 48.5 Å². The summed E-state index contributed by atoms with van der Waals surface area (Å²) in [6, 6.07) is 14.8. The molecule has 2 amide bonds. The molecule has 0 aromatic heterocycles. The molecule has 0 unspecified atom stereocenters. The third kappa shape index (κ3) is 4.99. The molecule has 4 rings (SSSR count). The van der Waals surface area contributed by atoms with Crippen LogP contribution in [0.1, 0.15) is 44.2 Å². The number of hydroxylamine groups is 1. The lowest BCUT2D eigenvalue weighted by Crippen LogP contribution is -2.41. The van der Waals surface area contributed by atoms with Crippen LogP contribution < -0.4 is 5.48 Å². The number of benzene rings is 2. The average Bonchev–Trinajstić information content (AvgIpc) is 3.35. The van der Waals surface area contributed by atoms with Crippen molar-refractivity contribution in [3.8, 4) is 11.1 Å². The highest BCUT2D eigenvalue weighted by molar-refractivity contribution is 5.82. The largest absolute Gasteiger partial charge is 0.480 e. The number of ether oxygens (including phenoxy) is 2. The van der Waals surface area contributed by atoms with Crippen molar-refractivity contribution in [2.75, 3.05) is 13.2 Å². The van der Waals surface area contributed by atoms with E-state index in [1.54, 1.807) is 20.8 Å². The van der Waals surface area contributed by atoms with Gasteiger partial charge in [-0.3, -0.25) is 9.74 Å². The molecule has 0 bridgehead atoms. The van der Waals surface area contributed by atoms with E-state index in [4.69, 9.17) is 14.3 Å². The zero-order chi connectivity index (χ0) is 24.5. The molecule has 1 fully saturated rings. The lowest BCUT2D eigenvalue weighted by Gasteiger charge is -2.22. The number of carboxylic acids is 1. The number of hydrogen-bond acceptors (Lipinski definition) is 6. The third-order valence-electron chi connectivity index (χ3n) is 5.83. The van der Waals surface area contributed by atoms with Crippen molar-refractivity contribution in [3.05, 3.63) is 59.7 Å². The van der Waals surface area contributed by atoms with E-state index in [0.717, 1.165) is 27.2 Å². The number of likely N-dealkylation sites (tertiary alicyclic amines) is 1. The van der Waals surface area contributed by atoms with Gasteiger partial charge < -0.3 is 14.6 Å². The maximum atomic E-state index is 12.9. The number of carbonyl (C=O) groups is 3. The van der Waals surface area contributed by atoms with Gasteiger partial charge in [-0.05, 0) is 43.0 Å². The maximum Gasteiger partial charge on any atom is 0.431 e. The van der Waals surface area contributed by atoms with Crippen LogP contribution >= 0.6 is 0 Å². The van der Waals surface area contributed by atoms with Gasteiger partial charge in [-0.2, -0.15) is 5.48 Å². The third-order valence-corrected chi connectivity index (χ3v) is 5.83. The molecule has 1 aliphatic heterocycles. The predicted octanol–water partition coefficient (Wildman–Crippen LogP) is 3.92. The van der Waals surface area contributed by atoms with E-state index in [-0.39, 0.29) is 25.5 Å². The molecule has 9 heteroatoms. The van der Waals surface area contributed by atoms with Crippen molar-refractivity contribution in [2.24, 2.45) is 0 Å². The molecule has 0 saturated carbocycles. The van der Waals surface area contributed by atoms with Gasteiger partial charge >= 0.3 is 18.2 Å². The molecule has 2 aromatic rings. The summed E-state index contributed by atoms with van der Waals surface area (Å²) in [4.78, 5) is 42.9. The zero-order valence-electron chi connectivity index (χ0n) is 19.3. The van der Waals surface area contributed by atoms with Gasteiger partial charge in [0, 0.05) is 12.3 Å². The number of rotatable bonds is 5. The highest BCUT2D eigenvalue weighted by Gasteiger charge is 2.42. The summed E-state index contributed by atoms with van der Waals surface area (Å²) in [5.74, 6) is -1.31. The van der Waals surface area contributed by atoms with Crippen LogP contribution in [0.5, 0.6) is 0 Å². The van der Waals surface area contributed by atoms with E-state index in [0.29, 0.717) is 0 Å². The number of hydrogen-bond donors (Lipinski definition) is 2. The van der Waals surface area contributed by atoms with Gasteiger partial charge in [-0.15, -0.1) is 0 Å². The van der Waals surface area contributed by atoms with Gasteiger partial charge in [-0.25, -0.2) is 14.4 Å². The standard InChI is InChI=1S/C25H28N2O7/c1-25(2,3)33-23(30)26-34-15-12-21(22(28)29)27(13-15)24(31)32-14-20-18-10-6-4-8-16(18)17-9-5-7-11-19(17)20/h4-11,15,20-21H,12-14H2,1-3H3,(H,26,30)(H,28,29)/t15-,21-/m0/s1. The molecule has 1 heterocycles. The van der Waals surface area contributed by atoms with Crippen molar-refractivity contribution in [3.63, 3.8) is 0 Å². The molecule has 9 nitrogen and oxygen atoms in total. The molecule has 34 heavy (non-hydrogen) atoms. The fourth-order valence-electron chi connectivity index (χ4n) is 4.43. The Morgan fingerprint density at radius 1 is 1.03 bits per heavy atom. The Kier molecular flexibility index (Phi) is 6.47. The lowest BCUT2D eigenvalue weighted by atomic mass is 9.98. The quantitative estimate of drug-likeness (QED) is 0.639. The molecule has 0 spiro atoms. The van der Waals surface area contributed by atoms with Crippen molar-refractivity contribution in [1.82, 2.24) is 10.4 Å². The summed E-state index contributed by atoms with van der Waals surface area (Å²) in [6.45, 7) is 5.17. The molecular formula is C25H28N2O7. The van der Waals surface area contributed by atoms with Gasteiger partial charge in [0.25, 0.3) is 0 Å². The lowest BCUT2D eigenvalue weighted by molar-refractivity contribution is -0.141. The highest BCUT2D eigenvalue weighted by Crippen LogP contribution is 2.44. The highest BCUT2D eigenvalue weighted by atomic mass is 16.7. The molecule has 1 aliphatic carbocycles. The number of aliphatic carboxylic acids is 1.